The highest BCUT2D eigenvalue weighted by Gasteiger charge is 2.25. The SMILES string of the molecule is Cc1cccc2cc(CN(C(=S)Nc3ccccc3)C3CCCC3)c(=O)[nH]c12. The van der Waals surface area contributed by atoms with Gasteiger partial charge in [-0.3, -0.25) is 4.79 Å². The van der Waals surface area contributed by atoms with Crippen LogP contribution in [0.1, 0.15) is 36.8 Å². The summed E-state index contributed by atoms with van der Waals surface area (Å²) < 4.78 is 0. The Balaban J connectivity index is 1.64. The zero-order valence-electron chi connectivity index (χ0n) is 16.1. The maximum Gasteiger partial charge on any atom is 0.253 e. The van der Waals surface area contributed by atoms with Gasteiger partial charge in [0.25, 0.3) is 5.56 Å². The van der Waals surface area contributed by atoms with Crippen LogP contribution < -0.4 is 10.9 Å². The van der Waals surface area contributed by atoms with Gasteiger partial charge in [-0.2, -0.15) is 0 Å². The van der Waals surface area contributed by atoms with Gasteiger partial charge in [0.2, 0.25) is 0 Å². The van der Waals surface area contributed by atoms with Gasteiger partial charge in [0.15, 0.2) is 5.11 Å². The molecule has 4 rings (SSSR count). The summed E-state index contributed by atoms with van der Waals surface area (Å²) in [5.41, 5.74) is 3.68. The molecule has 0 radical (unpaired) electrons. The molecule has 0 saturated heterocycles. The van der Waals surface area contributed by atoms with Gasteiger partial charge in [0, 0.05) is 17.3 Å². The van der Waals surface area contributed by atoms with E-state index in [9.17, 15) is 4.79 Å². The van der Waals surface area contributed by atoms with E-state index < -0.39 is 0 Å². The van der Waals surface area contributed by atoms with Crippen molar-refractivity contribution in [3.05, 3.63) is 76.1 Å². The predicted octanol–water partition coefficient (Wildman–Crippen LogP) is 4.98. The number of aryl methyl sites for hydroxylation is 1. The minimum absolute atomic E-state index is 0.0349. The van der Waals surface area contributed by atoms with Gasteiger partial charge in [-0.05, 0) is 61.1 Å². The van der Waals surface area contributed by atoms with E-state index in [1.165, 1.54) is 12.8 Å². The summed E-state index contributed by atoms with van der Waals surface area (Å²) in [5.74, 6) is 0. The van der Waals surface area contributed by atoms with Crippen molar-refractivity contribution in [2.24, 2.45) is 0 Å². The maximum absolute atomic E-state index is 12.8. The number of hydrogen-bond acceptors (Lipinski definition) is 2. The molecule has 0 atom stereocenters. The van der Waals surface area contributed by atoms with Gasteiger partial charge in [0.1, 0.15) is 0 Å². The number of fused-ring (bicyclic) bond motifs is 1. The number of hydrogen-bond donors (Lipinski definition) is 2. The summed E-state index contributed by atoms with van der Waals surface area (Å²) in [6.07, 6.45) is 4.65. The molecular formula is C23H25N3OS. The zero-order chi connectivity index (χ0) is 19.5. The second-order valence-corrected chi connectivity index (χ2v) is 7.91. The monoisotopic (exact) mass is 391 g/mol. The van der Waals surface area contributed by atoms with Crippen LogP contribution in [0.4, 0.5) is 5.69 Å². The second-order valence-electron chi connectivity index (χ2n) is 7.53. The number of pyridine rings is 1. The second kappa shape index (κ2) is 8.15. The van der Waals surface area contributed by atoms with Crippen LogP contribution in [0.25, 0.3) is 10.9 Å². The number of anilines is 1. The number of aromatic amines is 1. The van der Waals surface area contributed by atoms with Crippen molar-refractivity contribution in [1.29, 1.82) is 0 Å². The quantitative estimate of drug-likeness (QED) is 0.616. The molecule has 1 heterocycles. The first-order valence-electron chi connectivity index (χ1n) is 9.86. The summed E-state index contributed by atoms with van der Waals surface area (Å²) in [7, 11) is 0. The Labute approximate surface area is 170 Å². The summed E-state index contributed by atoms with van der Waals surface area (Å²) in [6.45, 7) is 2.53. The average Bonchev–Trinajstić information content (AvgIpc) is 3.22. The van der Waals surface area contributed by atoms with Gasteiger partial charge in [-0.1, -0.05) is 49.2 Å². The summed E-state index contributed by atoms with van der Waals surface area (Å²) >= 11 is 5.76. The first-order chi connectivity index (χ1) is 13.6. The van der Waals surface area contributed by atoms with Gasteiger partial charge in [-0.25, -0.2) is 0 Å². The minimum atomic E-state index is -0.0349. The van der Waals surface area contributed by atoms with Crippen LogP contribution in [0.3, 0.4) is 0 Å². The Bertz CT molecular complexity index is 1040. The molecule has 0 unspecified atom stereocenters. The number of thiocarbonyl (C=S) groups is 1. The number of rotatable bonds is 4. The highest BCUT2D eigenvalue weighted by Crippen LogP contribution is 2.26. The van der Waals surface area contributed by atoms with Crippen molar-refractivity contribution in [1.82, 2.24) is 9.88 Å². The number of aromatic nitrogens is 1. The molecule has 4 nitrogen and oxygen atoms in total. The van der Waals surface area contributed by atoms with Crippen LogP contribution in [-0.2, 0) is 6.54 Å². The largest absolute Gasteiger partial charge is 0.342 e. The lowest BCUT2D eigenvalue weighted by molar-refractivity contribution is 0.311. The Morgan fingerprint density at radius 1 is 1.14 bits per heavy atom. The number of benzene rings is 2. The minimum Gasteiger partial charge on any atom is -0.342 e. The van der Waals surface area contributed by atoms with Crippen molar-refractivity contribution in [3.63, 3.8) is 0 Å². The predicted molar refractivity (Wildman–Crippen MR) is 120 cm³/mol. The van der Waals surface area contributed by atoms with Crippen LogP contribution in [0, 0.1) is 6.92 Å². The number of para-hydroxylation sites is 2. The third kappa shape index (κ3) is 3.94. The van der Waals surface area contributed by atoms with Crippen molar-refractivity contribution in [2.45, 2.75) is 45.2 Å². The molecule has 0 spiro atoms. The molecule has 144 valence electrons. The van der Waals surface area contributed by atoms with E-state index in [4.69, 9.17) is 12.2 Å². The van der Waals surface area contributed by atoms with Crippen LogP contribution in [0.15, 0.2) is 59.4 Å². The fourth-order valence-corrected chi connectivity index (χ4v) is 4.36. The number of nitrogens with zero attached hydrogens (tertiary/aromatic N) is 1. The standard InChI is InChI=1S/C23H25N3OS/c1-16-8-7-9-17-14-18(22(27)25-21(16)17)15-26(20-12-5-6-13-20)23(28)24-19-10-3-2-4-11-19/h2-4,7-11,14,20H,5-6,12-13,15H2,1H3,(H,24,28)(H,25,27). The Morgan fingerprint density at radius 3 is 2.64 bits per heavy atom. The summed E-state index contributed by atoms with van der Waals surface area (Å²) in [4.78, 5) is 18.0. The van der Waals surface area contributed by atoms with E-state index in [0.29, 0.717) is 17.7 Å². The Morgan fingerprint density at radius 2 is 1.89 bits per heavy atom. The van der Waals surface area contributed by atoms with E-state index in [0.717, 1.165) is 40.6 Å². The van der Waals surface area contributed by atoms with Gasteiger partial charge in [-0.15, -0.1) is 0 Å². The zero-order valence-corrected chi connectivity index (χ0v) is 16.9. The number of H-pyrrole nitrogens is 1. The molecule has 1 aliphatic carbocycles. The third-order valence-corrected chi connectivity index (χ3v) is 5.89. The highest BCUT2D eigenvalue weighted by molar-refractivity contribution is 7.80. The summed E-state index contributed by atoms with van der Waals surface area (Å²) in [6, 6.07) is 18.4. The lowest BCUT2D eigenvalue weighted by Gasteiger charge is -2.31. The molecule has 0 amide bonds. The van der Waals surface area contributed by atoms with Crippen LogP contribution in [0.5, 0.6) is 0 Å². The van der Waals surface area contributed by atoms with Gasteiger partial charge >= 0.3 is 0 Å². The maximum atomic E-state index is 12.8. The molecule has 1 aliphatic rings. The van der Waals surface area contributed by atoms with Crippen molar-refractivity contribution in [3.8, 4) is 0 Å². The molecule has 1 fully saturated rings. The molecule has 2 aromatic carbocycles. The van der Waals surface area contributed by atoms with Crippen molar-refractivity contribution in [2.75, 3.05) is 5.32 Å². The molecule has 1 aromatic heterocycles. The lowest BCUT2D eigenvalue weighted by Crippen LogP contribution is -2.42. The van der Waals surface area contributed by atoms with E-state index in [1.54, 1.807) is 0 Å². The number of nitrogens with one attached hydrogen (secondary N) is 2. The molecule has 1 saturated carbocycles. The smallest absolute Gasteiger partial charge is 0.253 e. The Kier molecular flexibility index (Phi) is 5.44. The van der Waals surface area contributed by atoms with E-state index in [-0.39, 0.29) is 5.56 Å². The molecule has 2 N–H and O–H groups in total. The molecular weight excluding hydrogens is 366 g/mol. The van der Waals surface area contributed by atoms with E-state index >= 15 is 0 Å². The molecule has 5 heteroatoms. The molecule has 28 heavy (non-hydrogen) atoms. The first-order valence-corrected chi connectivity index (χ1v) is 10.3. The lowest BCUT2D eigenvalue weighted by atomic mass is 10.1. The highest BCUT2D eigenvalue weighted by atomic mass is 32.1. The Hall–Kier alpha value is -2.66. The average molecular weight is 392 g/mol. The molecule has 3 aromatic rings. The van der Waals surface area contributed by atoms with Crippen molar-refractivity contribution >= 4 is 33.9 Å². The molecule has 0 aliphatic heterocycles. The van der Waals surface area contributed by atoms with Gasteiger partial charge in [0.05, 0.1) is 12.1 Å². The van der Waals surface area contributed by atoms with Crippen LogP contribution in [-0.4, -0.2) is 21.0 Å². The third-order valence-electron chi connectivity index (χ3n) is 5.56. The molecule has 0 bridgehead atoms. The van der Waals surface area contributed by atoms with E-state index in [1.807, 2.05) is 61.5 Å². The summed E-state index contributed by atoms with van der Waals surface area (Å²) in [5, 5.41) is 5.09. The van der Waals surface area contributed by atoms with Crippen molar-refractivity contribution < 1.29 is 0 Å². The van der Waals surface area contributed by atoms with E-state index in [2.05, 4.69) is 15.2 Å². The van der Waals surface area contributed by atoms with Crippen LogP contribution in [0.2, 0.25) is 0 Å². The first kappa shape index (κ1) is 18.7. The fraction of sp³-hybridized carbons (Fsp3) is 0.304. The fourth-order valence-electron chi connectivity index (χ4n) is 4.03. The topological polar surface area (TPSA) is 48.1 Å². The normalized spacial score (nSPS) is 14.3. The van der Waals surface area contributed by atoms with Crippen LogP contribution >= 0.6 is 12.2 Å². The van der Waals surface area contributed by atoms with Gasteiger partial charge < -0.3 is 15.2 Å².